The van der Waals surface area contributed by atoms with Gasteiger partial charge < -0.3 is 4.90 Å². The molecule has 0 saturated carbocycles. The van der Waals surface area contributed by atoms with E-state index in [4.69, 9.17) is 0 Å². The highest BCUT2D eigenvalue weighted by molar-refractivity contribution is 5.92. The number of fused-ring (bicyclic) bond motifs is 6. The molecule has 328 valence electrons. The van der Waals surface area contributed by atoms with Crippen molar-refractivity contribution in [2.24, 2.45) is 0 Å². The molecule has 0 amide bonds. The lowest BCUT2D eigenvalue weighted by Crippen LogP contribution is -2.29. The van der Waals surface area contributed by atoms with Crippen molar-refractivity contribution in [3.05, 3.63) is 280 Å². The molecule has 9 aromatic rings. The number of rotatable bonds is 8. The van der Waals surface area contributed by atoms with Gasteiger partial charge in [-0.3, -0.25) is 0 Å². The first kappa shape index (κ1) is 42.4. The first-order valence-corrected chi connectivity index (χ1v) is 24.1. The Morgan fingerprint density at radius 2 is 0.746 bits per heavy atom. The van der Waals surface area contributed by atoms with Gasteiger partial charge >= 0.3 is 0 Å². The Morgan fingerprint density at radius 1 is 0.328 bits per heavy atom. The Kier molecular flexibility index (Phi) is 10.1. The number of anilines is 3. The fourth-order valence-corrected chi connectivity index (χ4v) is 11.6. The van der Waals surface area contributed by atoms with E-state index >= 15 is 0 Å². The van der Waals surface area contributed by atoms with Gasteiger partial charge in [-0.25, -0.2) is 0 Å². The number of hydrogen-bond acceptors (Lipinski definition) is 1. The fourth-order valence-electron chi connectivity index (χ4n) is 11.6. The molecule has 2 atom stereocenters. The van der Waals surface area contributed by atoms with E-state index < -0.39 is 10.8 Å². The largest absolute Gasteiger partial charge is 0.310 e. The topological polar surface area (TPSA) is 3.24 Å². The predicted octanol–water partition coefficient (Wildman–Crippen LogP) is 17.0. The number of hydrogen-bond donors (Lipinski definition) is 0. The smallest absolute Gasteiger partial charge is 0.0714 e. The molecule has 1 heteroatoms. The summed E-state index contributed by atoms with van der Waals surface area (Å²) in [5.41, 5.74) is 21.9. The number of benzene rings is 9. The molecule has 0 aliphatic heterocycles. The Hall–Kier alpha value is -7.22. The van der Waals surface area contributed by atoms with E-state index in [-0.39, 0.29) is 10.8 Å². The summed E-state index contributed by atoms with van der Waals surface area (Å²) in [4.78, 5) is 2.50. The van der Waals surface area contributed by atoms with Crippen LogP contribution < -0.4 is 4.90 Å². The molecule has 11 rings (SSSR count). The summed E-state index contributed by atoms with van der Waals surface area (Å²) < 4.78 is 0. The van der Waals surface area contributed by atoms with Crippen LogP contribution in [0.3, 0.4) is 0 Å². The van der Waals surface area contributed by atoms with E-state index in [1.165, 1.54) is 83.5 Å². The zero-order chi connectivity index (χ0) is 46.1. The Morgan fingerprint density at radius 3 is 1.28 bits per heavy atom. The van der Waals surface area contributed by atoms with Crippen LogP contribution in [0, 0.1) is 0 Å². The van der Waals surface area contributed by atoms with Crippen molar-refractivity contribution in [1.29, 1.82) is 0 Å². The van der Waals surface area contributed by atoms with E-state index in [0.29, 0.717) is 0 Å². The fraction of sp³-hybridized carbons (Fsp3) is 0.182. The third kappa shape index (κ3) is 6.65. The van der Waals surface area contributed by atoms with Crippen LogP contribution >= 0.6 is 0 Å². The summed E-state index contributed by atoms with van der Waals surface area (Å²) >= 11 is 0. The molecule has 0 bridgehead atoms. The van der Waals surface area contributed by atoms with Crippen molar-refractivity contribution in [2.45, 2.75) is 76.5 Å². The molecule has 0 spiro atoms. The Bertz CT molecular complexity index is 3270. The van der Waals surface area contributed by atoms with E-state index in [1.807, 2.05) is 0 Å². The highest BCUT2D eigenvalue weighted by Crippen LogP contribution is 2.59. The molecule has 9 aromatic carbocycles. The quantitative estimate of drug-likeness (QED) is 0.147. The van der Waals surface area contributed by atoms with Crippen LogP contribution in [0.2, 0.25) is 0 Å². The molecule has 2 aliphatic rings. The van der Waals surface area contributed by atoms with Crippen molar-refractivity contribution in [3.8, 4) is 22.3 Å². The third-order valence-corrected chi connectivity index (χ3v) is 14.9. The molecule has 0 saturated heterocycles. The van der Waals surface area contributed by atoms with Crippen LogP contribution in [0.15, 0.2) is 218 Å². The first-order valence-electron chi connectivity index (χ1n) is 24.1. The average molecular weight is 866 g/mol. The first-order chi connectivity index (χ1) is 32.4. The number of aryl methyl sites for hydroxylation is 1. The van der Waals surface area contributed by atoms with Crippen molar-refractivity contribution in [1.82, 2.24) is 0 Å². The minimum atomic E-state index is -0.536. The van der Waals surface area contributed by atoms with Crippen LogP contribution in [0.5, 0.6) is 0 Å². The van der Waals surface area contributed by atoms with Gasteiger partial charge in [0.2, 0.25) is 0 Å². The molecular formula is C66H59N. The normalized spacial score (nSPS) is 17.1. The van der Waals surface area contributed by atoms with Gasteiger partial charge in [-0.15, -0.1) is 0 Å². The van der Waals surface area contributed by atoms with Crippen LogP contribution in [0.1, 0.15) is 110 Å². The van der Waals surface area contributed by atoms with E-state index in [0.717, 1.165) is 23.5 Å². The third-order valence-electron chi connectivity index (χ3n) is 14.9. The summed E-state index contributed by atoms with van der Waals surface area (Å²) in [6.45, 7) is 16.0. The zero-order valence-corrected chi connectivity index (χ0v) is 39.9. The van der Waals surface area contributed by atoms with Crippen LogP contribution in [-0.4, -0.2) is 0 Å². The predicted molar refractivity (Wildman–Crippen MR) is 283 cm³/mol. The molecule has 0 N–H and O–H groups in total. The van der Waals surface area contributed by atoms with Crippen molar-refractivity contribution >= 4 is 17.1 Å². The summed E-state index contributed by atoms with van der Waals surface area (Å²) in [5.74, 6) is 0. The van der Waals surface area contributed by atoms with Gasteiger partial charge in [-0.2, -0.15) is 0 Å². The summed E-state index contributed by atoms with van der Waals surface area (Å²) in [6, 6.07) is 83.1. The van der Waals surface area contributed by atoms with E-state index in [1.54, 1.807) is 0 Å². The summed E-state index contributed by atoms with van der Waals surface area (Å²) in [6.07, 6.45) is 0.952. The van der Waals surface area contributed by atoms with Crippen LogP contribution in [-0.2, 0) is 28.1 Å². The van der Waals surface area contributed by atoms with Gasteiger partial charge in [0.05, 0.1) is 10.8 Å². The standard InChI is InChI=1S/C66H59N/c1-8-45-20-19-25-52(42-45)67(53-39-41-61-58(43-53)56-27-16-18-29-60(56)65(61,48-21-11-9-12-22-48)50-34-30-46(31-35-50)63(2,3)4)54-38-40-57-55-26-15-17-28-59(55)66(62(57)44-54,49-23-13-10-14-24-49)51-36-32-47(33-37-51)64(5,6)7/h9-44H,8H2,1-7H3. The molecule has 0 fully saturated rings. The highest BCUT2D eigenvalue weighted by Gasteiger charge is 2.48. The van der Waals surface area contributed by atoms with Gasteiger partial charge in [-0.05, 0) is 137 Å². The molecule has 2 unspecified atom stereocenters. The second kappa shape index (κ2) is 16.0. The van der Waals surface area contributed by atoms with Crippen molar-refractivity contribution < 1.29 is 0 Å². The highest BCUT2D eigenvalue weighted by atomic mass is 15.1. The molecule has 67 heavy (non-hydrogen) atoms. The second-order valence-corrected chi connectivity index (χ2v) is 20.8. The lowest BCUT2D eigenvalue weighted by atomic mass is 9.67. The summed E-state index contributed by atoms with van der Waals surface area (Å²) in [7, 11) is 0. The van der Waals surface area contributed by atoms with Crippen molar-refractivity contribution in [3.63, 3.8) is 0 Å². The zero-order valence-electron chi connectivity index (χ0n) is 39.9. The lowest BCUT2D eigenvalue weighted by molar-refractivity contribution is 0.589. The minimum absolute atomic E-state index is 0.0403. The maximum absolute atomic E-state index is 2.50. The van der Waals surface area contributed by atoms with Gasteiger partial charge in [0.15, 0.2) is 0 Å². The maximum atomic E-state index is 2.50. The van der Waals surface area contributed by atoms with Gasteiger partial charge in [0, 0.05) is 17.1 Å². The van der Waals surface area contributed by atoms with Gasteiger partial charge in [-0.1, -0.05) is 230 Å². The lowest BCUT2D eigenvalue weighted by Gasteiger charge is -2.36. The molecule has 0 heterocycles. The Balaban J connectivity index is 1.16. The monoisotopic (exact) mass is 865 g/mol. The minimum Gasteiger partial charge on any atom is -0.310 e. The molecule has 1 nitrogen and oxygen atoms in total. The molecule has 0 aromatic heterocycles. The summed E-state index contributed by atoms with van der Waals surface area (Å²) in [5, 5.41) is 0. The van der Waals surface area contributed by atoms with Crippen LogP contribution in [0.25, 0.3) is 22.3 Å². The molecular weight excluding hydrogens is 807 g/mol. The maximum Gasteiger partial charge on any atom is 0.0714 e. The van der Waals surface area contributed by atoms with Gasteiger partial charge in [0.25, 0.3) is 0 Å². The second-order valence-electron chi connectivity index (χ2n) is 20.8. The molecule has 2 aliphatic carbocycles. The van der Waals surface area contributed by atoms with E-state index in [9.17, 15) is 0 Å². The van der Waals surface area contributed by atoms with E-state index in [2.05, 4.69) is 272 Å². The molecule has 0 radical (unpaired) electrons. The SMILES string of the molecule is CCc1cccc(N(c2ccc3c(c2)-c2ccccc2C3(c2ccccc2)c2ccc(C(C)(C)C)cc2)c2ccc3c(c2)C(c2ccccc2)(c2ccc(C(C)(C)C)cc2)c2ccccc2-3)c1. The Labute approximate surface area is 398 Å². The van der Waals surface area contributed by atoms with Crippen molar-refractivity contribution in [2.75, 3.05) is 4.90 Å². The van der Waals surface area contributed by atoms with Crippen LogP contribution in [0.4, 0.5) is 17.1 Å². The average Bonchev–Trinajstić information content (AvgIpc) is 3.82. The number of nitrogens with zero attached hydrogens (tertiary/aromatic N) is 1. The van der Waals surface area contributed by atoms with Gasteiger partial charge in [0.1, 0.15) is 0 Å².